The molecule has 0 aliphatic rings. The number of aliphatic hydroxyl groups excluding tert-OH is 1. The van der Waals surface area contributed by atoms with Crippen molar-refractivity contribution in [2.75, 3.05) is 0 Å². The first-order chi connectivity index (χ1) is 9.62. The molecule has 4 nitrogen and oxygen atoms in total. The maximum absolute atomic E-state index is 11.6. The number of aliphatic hydroxyl groups is 1. The van der Waals surface area contributed by atoms with Crippen LogP contribution in [0.5, 0.6) is 0 Å². The van der Waals surface area contributed by atoms with Gasteiger partial charge in [0, 0.05) is 21.1 Å². The lowest BCUT2D eigenvalue weighted by molar-refractivity contribution is 0.281. The van der Waals surface area contributed by atoms with Crippen LogP contribution in [0.3, 0.4) is 0 Å². The van der Waals surface area contributed by atoms with E-state index in [1.807, 2.05) is 18.2 Å². The van der Waals surface area contributed by atoms with Gasteiger partial charge in [-0.25, -0.2) is 4.98 Å². The predicted octanol–water partition coefficient (Wildman–Crippen LogP) is 3.13. The van der Waals surface area contributed by atoms with E-state index in [2.05, 4.69) is 32.8 Å². The number of nitrogens with zero attached hydrogens (tertiary/aromatic N) is 1. The zero-order valence-electron chi connectivity index (χ0n) is 11.0. The predicted molar refractivity (Wildman–Crippen MR) is 83.0 cm³/mol. The highest BCUT2D eigenvalue weighted by atomic mass is 79.9. The summed E-state index contributed by atoms with van der Waals surface area (Å²) < 4.78 is 0.844. The molecule has 0 saturated heterocycles. The van der Waals surface area contributed by atoms with E-state index in [0.29, 0.717) is 5.16 Å². The van der Waals surface area contributed by atoms with Gasteiger partial charge in [0.05, 0.1) is 6.61 Å². The van der Waals surface area contributed by atoms with Gasteiger partial charge in [-0.05, 0) is 24.1 Å². The fourth-order valence-corrected chi connectivity index (χ4v) is 3.25. The van der Waals surface area contributed by atoms with Crippen LogP contribution in [-0.4, -0.2) is 15.1 Å². The summed E-state index contributed by atoms with van der Waals surface area (Å²) in [7, 11) is 0. The van der Waals surface area contributed by atoms with E-state index in [1.165, 1.54) is 11.8 Å². The lowest BCUT2D eigenvalue weighted by Gasteiger charge is -2.06. The van der Waals surface area contributed by atoms with Crippen molar-refractivity contribution in [2.24, 2.45) is 0 Å². The minimum atomic E-state index is -0.128. The van der Waals surface area contributed by atoms with Gasteiger partial charge in [0.25, 0.3) is 5.56 Å². The van der Waals surface area contributed by atoms with Crippen LogP contribution in [0.15, 0.2) is 43.6 Å². The minimum Gasteiger partial charge on any atom is -0.392 e. The summed E-state index contributed by atoms with van der Waals surface area (Å²) in [6, 6.07) is 7.19. The van der Waals surface area contributed by atoms with E-state index in [9.17, 15) is 4.79 Å². The van der Waals surface area contributed by atoms with Crippen molar-refractivity contribution in [1.82, 2.24) is 9.97 Å². The van der Waals surface area contributed by atoms with Gasteiger partial charge in [-0.15, -0.1) is 0 Å². The molecule has 0 saturated carbocycles. The van der Waals surface area contributed by atoms with Crippen LogP contribution in [-0.2, 0) is 13.0 Å². The second-order valence-electron chi connectivity index (χ2n) is 4.31. The number of H-pyrrole nitrogens is 1. The Labute approximate surface area is 129 Å². The Balaban J connectivity index is 2.25. The Morgan fingerprint density at radius 2 is 2.20 bits per heavy atom. The van der Waals surface area contributed by atoms with Gasteiger partial charge in [0.1, 0.15) is 0 Å². The van der Waals surface area contributed by atoms with E-state index in [4.69, 9.17) is 5.11 Å². The lowest BCUT2D eigenvalue weighted by atomic mass is 10.2. The Bertz CT molecular complexity index is 658. The molecular weight excluding hydrogens is 340 g/mol. The molecule has 0 spiro atoms. The molecule has 1 aromatic carbocycles. The minimum absolute atomic E-state index is 0.00734. The van der Waals surface area contributed by atoms with Crippen LogP contribution >= 0.6 is 27.7 Å². The van der Waals surface area contributed by atoms with Gasteiger partial charge < -0.3 is 10.1 Å². The normalized spacial score (nSPS) is 10.8. The topological polar surface area (TPSA) is 66.0 Å². The second-order valence-corrected chi connectivity index (χ2v) is 6.22. The first-order valence-electron chi connectivity index (χ1n) is 6.29. The molecule has 0 radical (unpaired) electrons. The van der Waals surface area contributed by atoms with E-state index in [-0.39, 0.29) is 12.2 Å². The zero-order valence-corrected chi connectivity index (χ0v) is 13.4. The van der Waals surface area contributed by atoms with Crippen LogP contribution < -0.4 is 5.56 Å². The molecule has 1 aromatic heterocycles. The number of nitrogens with one attached hydrogen (secondary N) is 1. The Kier molecular flexibility index (Phi) is 5.39. The van der Waals surface area contributed by atoms with Gasteiger partial charge in [-0.3, -0.25) is 4.79 Å². The molecular formula is C14H15BrN2O2S. The van der Waals surface area contributed by atoms with Crippen molar-refractivity contribution < 1.29 is 5.11 Å². The summed E-state index contributed by atoms with van der Waals surface area (Å²) in [5.41, 5.74) is 1.51. The zero-order chi connectivity index (χ0) is 14.5. The van der Waals surface area contributed by atoms with Crippen molar-refractivity contribution in [3.8, 4) is 0 Å². The molecule has 0 amide bonds. The summed E-state index contributed by atoms with van der Waals surface area (Å²) in [4.78, 5) is 19.7. The van der Waals surface area contributed by atoms with Crippen LogP contribution in [0, 0.1) is 0 Å². The Morgan fingerprint density at radius 3 is 2.85 bits per heavy atom. The highest BCUT2D eigenvalue weighted by molar-refractivity contribution is 9.10. The molecule has 106 valence electrons. The summed E-state index contributed by atoms with van der Waals surface area (Å²) in [5.74, 6) is 0. The molecule has 0 atom stereocenters. The fraction of sp³-hybridized carbons (Fsp3) is 0.286. The summed E-state index contributed by atoms with van der Waals surface area (Å²) >= 11 is 4.81. The average molecular weight is 355 g/mol. The van der Waals surface area contributed by atoms with Crippen molar-refractivity contribution in [3.05, 3.63) is 50.3 Å². The highest BCUT2D eigenvalue weighted by Gasteiger charge is 2.06. The van der Waals surface area contributed by atoms with Crippen LogP contribution in [0.1, 0.15) is 24.6 Å². The molecule has 0 bridgehead atoms. The summed E-state index contributed by atoms with van der Waals surface area (Å²) in [6.07, 6.45) is 1.75. The third kappa shape index (κ3) is 3.94. The van der Waals surface area contributed by atoms with Gasteiger partial charge in [0.2, 0.25) is 0 Å². The number of hydrogen-bond donors (Lipinski definition) is 2. The van der Waals surface area contributed by atoms with Crippen molar-refractivity contribution in [1.29, 1.82) is 0 Å². The number of halogens is 1. The highest BCUT2D eigenvalue weighted by Crippen LogP contribution is 2.28. The molecule has 6 heteroatoms. The van der Waals surface area contributed by atoms with Gasteiger partial charge >= 0.3 is 0 Å². The molecule has 1 heterocycles. The largest absolute Gasteiger partial charge is 0.392 e. The molecule has 2 N–H and O–H groups in total. The van der Waals surface area contributed by atoms with E-state index in [0.717, 1.165) is 33.5 Å². The molecule has 2 rings (SSSR count). The number of aromatic nitrogens is 2. The van der Waals surface area contributed by atoms with E-state index in [1.54, 1.807) is 6.07 Å². The third-order valence-electron chi connectivity index (χ3n) is 2.69. The summed E-state index contributed by atoms with van der Waals surface area (Å²) in [6.45, 7) is 2.05. The first-order valence-corrected chi connectivity index (χ1v) is 7.90. The molecule has 20 heavy (non-hydrogen) atoms. The third-order valence-corrected chi connectivity index (χ3v) is 4.30. The molecule has 2 aromatic rings. The average Bonchev–Trinajstić information content (AvgIpc) is 2.38. The Morgan fingerprint density at radius 1 is 1.40 bits per heavy atom. The second kappa shape index (κ2) is 7.06. The smallest absolute Gasteiger partial charge is 0.251 e. The lowest BCUT2D eigenvalue weighted by Crippen LogP contribution is -2.09. The number of aromatic amines is 1. The van der Waals surface area contributed by atoms with Crippen molar-refractivity contribution >= 4 is 27.7 Å². The molecule has 0 fully saturated rings. The van der Waals surface area contributed by atoms with Gasteiger partial charge in [-0.1, -0.05) is 47.1 Å². The van der Waals surface area contributed by atoms with Crippen molar-refractivity contribution in [2.45, 2.75) is 36.4 Å². The quantitative estimate of drug-likeness (QED) is 0.809. The van der Waals surface area contributed by atoms with Gasteiger partial charge in [0.15, 0.2) is 5.16 Å². The standard InChI is InChI=1S/C14H15BrN2O2S/c1-2-3-10-6-13(19)17-14(16-10)20-11-5-4-9(8-18)12(15)7-11/h4-7,18H,2-3,8H2,1H3,(H,16,17,19). The van der Waals surface area contributed by atoms with Crippen LogP contribution in [0.2, 0.25) is 0 Å². The molecule has 0 aliphatic heterocycles. The molecule has 0 aliphatic carbocycles. The van der Waals surface area contributed by atoms with Gasteiger partial charge in [-0.2, -0.15) is 0 Å². The number of rotatable bonds is 5. The number of hydrogen-bond acceptors (Lipinski definition) is 4. The summed E-state index contributed by atoms with van der Waals surface area (Å²) in [5, 5.41) is 9.72. The maximum atomic E-state index is 11.6. The monoisotopic (exact) mass is 354 g/mol. The van der Waals surface area contributed by atoms with Crippen LogP contribution in [0.4, 0.5) is 0 Å². The Hall–Kier alpha value is -1.11. The van der Waals surface area contributed by atoms with E-state index >= 15 is 0 Å². The SMILES string of the molecule is CCCc1cc(=O)[nH]c(Sc2ccc(CO)c(Br)c2)n1. The van der Waals surface area contributed by atoms with Crippen molar-refractivity contribution in [3.63, 3.8) is 0 Å². The fourth-order valence-electron chi connectivity index (χ4n) is 1.75. The number of aryl methyl sites for hydroxylation is 1. The van der Waals surface area contributed by atoms with E-state index < -0.39 is 0 Å². The first kappa shape index (κ1) is 15.3. The molecule has 0 unspecified atom stereocenters. The maximum Gasteiger partial charge on any atom is 0.251 e. The van der Waals surface area contributed by atoms with Crippen LogP contribution in [0.25, 0.3) is 0 Å². The number of benzene rings is 1.